The van der Waals surface area contributed by atoms with E-state index in [0.29, 0.717) is 0 Å². The van der Waals surface area contributed by atoms with Gasteiger partial charge < -0.3 is 9.84 Å². The Labute approximate surface area is 176 Å². The summed E-state index contributed by atoms with van der Waals surface area (Å²) in [4.78, 5) is 35.3. The maximum atomic E-state index is 12.5. The molecule has 0 saturated carbocycles. The van der Waals surface area contributed by atoms with Crippen molar-refractivity contribution in [1.82, 2.24) is 5.01 Å². The van der Waals surface area contributed by atoms with Crippen LogP contribution < -0.4 is 0 Å². The van der Waals surface area contributed by atoms with E-state index in [1.165, 1.54) is 6.92 Å². The molecule has 0 saturated heterocycles. The van der Waals surface area contributed by atoms with E-state index in [0.717, 1.165) is 21.7 Å². The lowest BCUT2D eigenvalue weighted by Crippen LogP contribution is -2.42. The summed E-state index contributed by atoms with van der Waals surface area (Å²) >= 11 is 0. The van der Waals surface area contributed by atoms with Gasteiger partial charge in [0, 0.05) is 0 Å². The molecule has 0 aliphatic rings. The molecule has 7 nitrogen and oxygen atoms in total. The number of carboxylic acids is 1. The Morgan fingerprint density at radius 1 is 1.03 bits per heavy atom. The van der Waals surface area contributed by atoms with Crippen LogP contribution in [0.15, 0.2) is 59.9 Å². The lowest BCUT2D eigenvalue weighted by Gasteiger charge is -2.29. The maximum Gasteiger partial charge on any atom is 0.433 e. The molecule has 0 unspecified atom stereocenters. The van der Waals surface area contributed by atoms with Gasteiger partial charge in [-0.15, -0.1) is 4.91 Å². The lowest BCUT2D eigenvalue weighted by molar-refractivity contribution is -0.141. The molecule has 2 atom stereocenters. The molecule has 0 aliphatic carbocycles. The summed E-state index contributed by atoms with van der Waals surface area (Å²) in [5, 5.41) is 12.9. The zero-order valence-corrected chi connectivity index (χ0v) is 17.7. The van der Waals surface area contributed by atoms with Gasteiger partial charge in [-0.25, -0.2) is 4.79 Å². The molecule has 1 N–H and O–H groups in total. The van der Waals surface area contributed by atoms with E-state index >= 15 is 0 Å². The second-order valence-corrected chi connectivity index (χ2v) is 8.30. The molecule has 0 spiro atoms. The van der Waals surface area contributed by atoms with Crippen molar-refractivity contribution in [3.8, 4) is 11.1 Å². The van der Waals surface area contributed by atoms with E-state index in [2.05, 4.69) is 5.29 Å². The van der Waals surface area contributed by atoms with Crippen LogP contribution in [0.2, 0.25) is 0 Å². The molecule has 2 aromatic carbocycles. The van der Waals surface area contributed by atoms with E-state index in [9.17, 15) is 19.6 Å². The Hall–Kier alpha value is -3.22. The Morgan fingerprint density at radius 2 is 1.60 bits per heavy atom. The van der Waals surface area contributed by atoms with Crippen LogP contribution in [-0.4, -0.2) is 33.8 Å². The van der Waals surface area contributed by atoms with E-state index in [1.54, 1.807) is 20.8 Å². The molecule has 0 aromatic heterocycles. The highest BCUT2D eigenvalue weighted by Gasteiger charge is 2.32. The average Bonchev–Trinajstić information content (AvgIpc) is 2.68. The first-order valence-corrected chi connectivity index (χ1v) is 9.83. The zero-order valence-electron chi connectivity index (χ0n) is 17.7. The zero-order chi connectivity index (χ0) is 22.3. The lowest BCUT2D eigenvalue weighted by atomic mass is 9.94. The van der Waals surface area contributed by atoms with Crippen molar-refractivity contribution in [3.05, 3.63) is 65.1 Å². The number of hydrogen-bond donors (Lipinski definition) is 1. The standard InChI is InChI=1S/C23H28N2O5/c1-16(21(26)27)14-20(25(24-29)22(28)30-23(2,3)4)15-17-10-12-19(13-11-17)18-8-6-5-7-9-18/h5-13,16,20H,14-15H2,1-4H3,(H,26,27)/t16-,20+/m1/s1. The van der Waals surface area contributed by atoms with Crippen molar-refractivity contribution in [1.29, 1.82) is 0 Å². The van der Waals surface area contributed by atoms with Gasteiger partial charge in [0.05, 0.1) is 17.2 Å². The van der Waals surface area contributed by atoms with Gasteiger partial charge in [-0.1, -0.05) is 61.5 Å². The molecule has 0 heterocycles. The van der Waals surface area contributed by atoms with E-state index in [4.69, 9.17) is 4.74 Å². The highest BCUT2D eigenvalue weighted by atomic mass is 16.6. The van der Waals surface area contributed by atoms with Gasteiger partial charge in [0.1, 0.15) is 5.60 Å². The van der Waals surface area contributed by atoms with Crippen molar-refractivity contribution >= 4 is 12.1 Å². The Balaban J connectivity index is 2.24. The molecule has 30 heavy (non-hydrogen) atoms. The third-order valence-electron chi connectivity index (χ3n) is 4.59. The van der Waals surface area contributed by atoms with Crippen molar-refractivity contribution in [2.45, 2.75) is 52.2 Å². The predicted octanol–water partition coefficient (Wildman–Crippen LogP) is 5.29. The number of benzene rings is 2. The quantitative estimate of drug-likeness (QED) is 0.469. The van der Waals surface area contributed by atoms with Gasteiger partial charge in [-0.05, 0) is 50.3 Å². The Morgan fingerprint density at radius 3 is 2.10 bits per heavy atom. The largest absolute Gasteiger partial charge is 0.481 e. The molecule has 160 valence electrons. The summed E-state index contributed by atoms with van der Waals surface area (Å²) in [6.45, 7) is 6.59. The number of carbonyl (C=O) groups excluding carboxylic acids is 1. The third-order valence-corrected chi connectivity index (χ3v) is 4.59. The summed E-state index contributed by atoms with van der Waals surface area (Å²) in [6, 6.07) is 16.8. The van der Waals surface area contributed by atoms with Crippen LogP contribution in [0.3, 0.4) is 0 Å². The molecule has 2 aromatic rings. The van der Waals surface area contributed by atoms with Crippen LogP contribution in [0.4, 0.5) is 4.79 Å². The van der Waals surface area contributed by atoms with Gasteiger partial charge in [-0.2, -0.15) is 5.01 Å². The van der Waals surface area contributed by atoms with Crippen LogP contribution in [-0.2, 0) is 16.0 Å². The minimum Gasteiger partial charge on any atom is -0.481 e. The molecule has 0 bridgehead atoms. The first kappa shape index (κ1) is 23.1. The van der Waals surface area contributed by atoms with Gasteiger partial charge in [-0.3, -0.25) is 4.79 Å². The summed E-state index contributed by atoms with van der Waals surface area (Å²) in [5.41, 5.74) is 2.16. The van der Waals surface area contributed by atoms with Crippen molar-refractivity contribution < 1.29 is 19.4 Å². The van der Waals surface area contributed by atoms with Crippen LogP contribution in [0.5, 0.6) is 0 Å². The monoisotopic (exact) mass is 412 g/mol. The molecular formula is C23H28N2O5. The summed E-state index contributed by atoms with van der Waals surface area (Å²) < 4.78 is 5.27. The predicted molar refractivity (Wildman–Crippen MR) is 115 cm³/mol. The number of ether oxygens (including phenoxy) is 1. The SMILES string of the molecule is C[C@H](C[C@@H](Cc1ccc(-c2ccccc2)cc1)N(N=O)C(=O)OC(C)(C)C)C(=O)O. The van der Waals surface area contributed by atoms with Crippen molar-refractivity contribution in [3.63, 3.8) is 0 Å². The summed E-state index contributed by atoms with van der Waals surface area (Å²) in [6.07, 6.45) is -0.542. The minimum absolute atomic E-state index is 0.0702. The molecule has 0 fully saturated rings. The number of rotatable bonds is 8. The van der Waals surface area contributed by atoms with E-state index < -0.39 is 29.6 Å². The molecule has 0 radical (unpaired) electrons. The van der Waals surface area contributed by atoms with Crippen LogP contribution >= 0.6 is 0 Å². The molecular weight excluding hydrogens is 384 g/mol. The molecule has 1 amide bonds. The van der Waals surface area contributed by atoms with E-state index in [1.807, 2.05) is 54.6 Å². The first-order chi connectivity index (χ1) is 14.1. The minimum atomic E-state index is -1.01. The highest BCUT2D eigenvalue weighted by Crippen LogP contribution is 2.23. The van der Waals surface area contributed by atoms with Crippen molar-refractivity contribution in [2.24, 2.45) is 11.2 Å². The second kappa shape index (κ2) is 10.0. The number of nitroso groups, excluding NO2 is 1. The average molecular weight is 412 g/mol. The fourth-order valence-corrected chi connectivity index (χ4v) is 3.07. The second-order valence-electron chi connectivity index (χ2n) is 8.30. The van der Waals surface area contributed by atoms with Gasteiger partial charge in [0.25, 0.3) is 0 Å². The summed E-state index contributed by atoms with van der Waals surface area (Å²) in [5.74, 6) is -1.76. The van der Waals surface area contributed by atoms with Gasteiger partial charge >= 0.3 is 12.1 Å². The smallest absolute Gasteiger partial charge is 0.433 e. The van der Waals surface area contributed by atoms with Crippen LogP contribution in [0.1, 0.15) is 39.7 Å². The van der Waals surface area contributed by atoms with Crippen LogP contribution in [0.25, 0.3) is 11.1 Å². The normalized spacial score (nSPS) is 13.2. The van der Waals surface area contributed by atoms with E-state index in [-0.39, 0.29) is 12.8 Å². The van der Waals surface area contributed by atoms with Gasteiger partial charge in [0.2, 0.25) is 0 Å². The Bertz CT molecular complexity index is 859. The fraction of sp³-hybridized carbons (Fsp3) is 0.391. The van der Waals surface area contributed by atoms with Gasteiger partial charge in [0.15, 0.2) is 0 Å². The number of amides is 1. The number of nitrogens with zero attached hydrogens (tertiary/aromatic N) is 2. The topological polar surface area (TPSA) is 96.3 Å². The first-order valence-electron chi connectivity index (χ1n) is 9.83. The maximum absolute atomic E-state index is 12.5. The molecule has 7 heteroatoms. The number of aliphatic carboxylic acids is 1. The fourth-order valence-electron chi connectivity index (χ4n) is 3.07. The summed E-state index contributed by atoms with van der Waals surface area (Å²) in [7, 11) is 0. The molecule has 2 rings (SSSR count). The number of carboxylic acid groups (broad SMARTS) is 1. The number of hydrogen-bond acceptors (Lipinski definition) is 5. The Kier molecular flexibility index (Phi) is 7.69. The highest BCUT2D eigenvalue weighted by molar-refractivity contribution is 5.70. The molecule has 0 aliphatic heterocycles. The number of carbonyl (C=O) groups is 2. The van der Waals surface area contributed by atoms with Crippen LogP contribution in [0, 0.1) is 10.8 Å². The van der Waals surface area contributed by atoms with Crippen molar-refractivity contribution in [2.75, 3.05) is 0 Å². The third kappa shape index (κ3) is 6.69.